The molecule has 1 aliphatic rings. The van der Waals surface area contributed by atoms with E-state index in [9.17, 15) is 9.90 Å². The summed E-state index contributed by atoms with van der Waals surface area (Å²) >= 11 is 0. The van der Waals surface area contributed by atoms with Gasteiger partial charge in [-0.3, -0.25) is 4.79 Å². The first-order valence-electron chi connectivity index (χ1n) is 6.22. The van der Waals surface area contributed by atoms with Gasteiger partial charge in [-0.25, -0.2) is 0 Å². The van der Waals surface area contributed by atoms with Crippen LogP contribution in [0.5, 0.6) is 5.88 Å². The van der Waals surface area contributed by atoms with Gasteiger partial charge in [0.2, 0.25) is 5.88 Å². The molecule has 2 aromatic heterocycles. The molecule has 0 aliphatic carbocycles. The topological polar surface area (TPSA) is 82.4 Å². The molecule has 18 heavy (non-hydrogen) atoms. The Kier molecular flexibility index (Phi) is 2.59. The zero-order valence-electron chi connectivity index (χ0n) is 10.2. The Morgan fingerprint density at radius 1 is 1.50 bits per heavy atom. The minimum atomic E-state index is -0.275. The summed E-state index contributed by atoms with van der Waals surface area (Å²) in [5.41, 5.74) is 1.41. The summed E-state index contributed by atoms with van der Waals surface area (Å²) < 4.78 is 1.39. The van der Waals surface area contributed by atoms with Gasteiger partial charge in [-0.1, -0.05) is 6.42 Å². The number of piperidine rings is 1. The molecule has 6 nitrogen and oxygen atoms in total. The van der Waals surface area contributed by atoms with E-state index in [-0.39, 0.29) is 23.0 Å². The highest BCUT2D eigenvalue weighted by atomic mass is 16.3. The molecule has 0 bridgehead atoms. The van der Waals surface area contributed by atoms with Gasteiger partial charge in [0.25, 0.3) is 5.56 Å². The number of H-pyrrole nitrogens is 1. The first kappa shape index (κ1) is 11.3. The average Bonchev–Trinajstić information content (AvgIpc) is 2.81. The molecule has 1 fully saturated rings. The van der Waals surface area contributed by atoms with Gasteiger partial charge in [0, 0.05) is 6.07 Å². The molecule has 0 spiro atoms. The van der Waals surface area contributed by atoms with E-state index in [1.165, 1.54) is 17.4 Å². The van der Waals surface area contributed by atoms with Crippen LogP contribution in [0.2, 0.25) is 0 Å². The Morgan fingerprint density at radius 3 is 3.06 bits per heavy atom. The van der Waals surface area contributed by atoms with E-state index in [0.29, 0.717) is 5.65 Å². The van der Waals surface area contributed by atoms with Crippen molar-refractivity contribution in [1.29, 1.82) is 0 Å². The Balaban J connectivity index is 2.10. The number of aromatic hydroxyl groups is 1. The van der Waals surface area contributed by atoms with E-state index in [0.717, 1.165) is 18.7 Å². The van der Waals surface area contributed by atoms with Crippen molar-refractivity contribution in [3.05, 3.63) is 27.7 Å². The zero-order chi connectivity index (χ0) is 12.7. The molecule has 96 valence electrons. The van der Waals surface area contributed by atoms with E-state index in [1.807, 2.05) is 6.07 Å². The SMILES string of the molecule is Cc1c(O)n2nc(C3CCCCN3)cc2[nH]c1=O. The molecule has 1 saturated heterocycles. The van der Waals surface area contributed by atoms with Crippen molar-refractivity contribution < 1.29 is 5.11 Å². The van der Waals surface area contributed by atoms with Crippen molar-refractivity contribution in [3.8, 4) is 5.88 Å². The van der Waals surface area contributed by atoms with E-state index >= 15 is 0 Å². The molecule has 0 saturated carbocycles. The number of nitrogens with one attached hydrogen (secondary N) is 2. The van der Waals surface area contributed by atoms with Gasteiger partial charge in [0.15, 0.2) is 0 Å². The molecular formula is C12H16N4O2. The largest absolute Gasteiger partial charge is 0.493 e. The molecule has 1 atom stereocenters. The minimum Gasteiger partial charge on any atom is -0.493 e. The van der Waals surface area contributed by atoms with Crippen molar-refractivity contribution in [2.75, 3.05) is 6.54 Å². The van der Waals surface area contributed by atoms with Gasteiger partial charge in [-0.05, 0) is 26.3 Å². The number of fused-ring (bicyclic) bond motifs is 1. The predicted molar refractivity (Wildman–Crippen MR) is 66.8 cm³/mol. The normalized spacial score (nSPS) is 20.4. The summed E-state index contributed by atoms with van der Waals surface area (Å²) in [7, 11) is 0. The van der Waals surface area contributed by atoms with Crippen molar-refractivity contribution in [2.24, 2.45) is 0 Å². The quantitative estimate of drug-likeness (QED) is 0.698. The molecule has 1 aliphatic heterocycles. The number of aromatic amines is 1. The monoisotopic (exact) mass is 248 g/mol. The highest BCUT2D eigenvalue weighted by Gasteiger charge is 2.19. The lowest BCUT2D eigenvalue weighted by molar-refractivity contribution is 0.398. The third-order valence-electron chi connectivity index (χ3n) is 3.51. The summed E-state index contributed by atoms with van der Waals surface area (Å²) in [6.07, 6.45) is 3.39. The Labute approximate surface area is 104 Å². The summed E-state index contributed by atoms with van der Waals surface area (Å²) in [5.74, 6) is -0.0872. The molecule has 3 rings (SSSR count). The Bertz CT molecular complexity index is 637. The lowest BCUT2D eigenvalue weighted by Crippen LogP contribution is -2.27. The summed E-state index contributed by atoms with van der Waals surface area (Å²) in [6, 6.07) is 2.03. The van der Waals surface area contributed by atoms with Crippen molar-refractivity contribution in [3.63, 3.8) is 0 Å². The van der Waals surface area contributed by atoms with Crippen LogP contribution in [0.4, 0.5) is 0 Å². The predicted octanol–water partition coefficient (Wildman–Crippen LogP) is 0.851. The van der Waals surface area contributed by atoms with Crippen molar-refractivity contribution in [2.45, 2.75) is 32.2 Å². The van der Waals surface area contributed by atoms with Gasteiger partial charge >= 0.3 is 0 Å². The van der Waals surface area contributed by atoms with Crippen LogP contribution in [-0.4, -0.2) is 26.2 Å². The van der Waals surface area contributed by atoms with Crippen molar-refractivity contribution in [1.82, 2.24) is 19.9 Å². The second kappa shape index (κ2) is 4.13. The van der Waals surface area contributed by atoms with E-state index in [1.54, 1.807) is 6.92 Å². The van der Waals surface area contributed by atoms with Crippen molar-refractivity contribution >= 4 is 5.65 Å². The maximum absolute atomic E-state index is 11.6. The van der Waals surface area contributed by atoms with Crippen LogP contribution in [0.15, 0.2) is 10.9 Å². The molecule has 6 heteroatoms. The van der Waals surface area contributed by atoms with Gasteiger partial charge < -0.3 is 15.4 Å². The zero-order valence-corrected chi connectivity index (χ0v) is 10.2. The number of hydrogen-bond donors (Lipinski definition) is 3. The van der Waals surface area contributed by atoms with Crippen LogP contribution < -0.4 is 10.9 Å². The maximum atomic E-state index is 11.6. The average molecular weight is 248 g/mol. The number of aromatic nitrogens is 3. The second-order valence-corrected chi connectivity index (χ2v) is 4.77. The van der Waals surface area contributed by atoms with Gasteiger partial charge in [-0.15, -0.1) is 0 Å². The lowest BCUT2D eigenvalue weighted by Gasteiger charge is -2.21. The number of nitrogens with zero attached hydrogens (tertiary/aromatic N) is 2. The van der Waals surface area contributed by atoms with Gasteiger partial charge in [0.05, 0.1) is 17.3 Å². The van der Waals surface area contributed by atoms with Crippen LogP contribution in [0.1, 0.15) is 36.6 Å². The smallest absolute Gasteiger partial charge is 0.257 e. The van der Waals surface area contributed by atoms with Crippen LogP contribution in [0, 0.1) is 6.92 Å². The fourth-order valence-electron chi connectivity index (χ4n) is 2.39. The standard InChI is InChI=1S/C12H16N4O2/c1-7-11(17)14-10-6-9(15-16(10)12(7)18)8-4-2-3-5-13-8/h6,8,13,18H,2-5H2,1H3,(H,14,17). The lowest BCUT2D eigenvalue weighted by atomic mass is 10.0. The molecule has 3 heterocycles. The maximum Gasteiger partial charge on any atom is 0.257 e. The highest BCUT2D eigenvalue weighted by molar-refractivity contribution is 5.44. The van der Waals surface area contributed by atoms with Crippen LogP contribution in [0.25, 0.3) is 5.65 Å². The highest BCUT2D eigenvalue weighted by Crippen LogP contribution is 2.23. The summed E-state index contributed by atoms with van der Waals surface area (Å²) in [5, 5.41) is 17.7. The summed E-state index contributed by atoms with van der Waals surface area (Å²) in [6.45, 7) is 2.56. The van der Waals surface area contributed by atoms with Gasteiger partial charge in [0.1, 0.15) is 5.65 Å². The first-order valence-corrected chi connectivity index (χ1v) is 6.22. The molecule has 0 aromatic carbocycles. The van der Waals surface area contributed by atoms with Crippen LogP contribution >= 0.6 is 0 Å². The molecule has 2 aromatic rings. The fraction of sp³-hybridized carbons (Fsp3) is 0.500. The van der Waals surface area contributed by atoms with Crippen LogP contribution in [0.3, 0.4) is 0 Å². The second-order valence-electron chi connectivity index (χ2n) is 4.77. The van der Waals surface area contributed by atoms with Gasteiger partial charge in [-0.2, -0.15) is 9.61 Å². The Morgan fingerprint density at radius 2 is 2.33 bits per heavy atom. The third-order valence-corrected chi connectivity index (χ3v) is 3.51. The van der Waals surface area contributed by atoms with E-state index in [4.69, 9.17) is 0 Å². The Hall–Kier alpha value is -1.82. The molecule has 0 amide bonds. The number of rotatable bonds is 1. The molecule has 1 unspecified atom stereocenters. The molecule has 3 N–H and O–H groups in total. The fourth-order valence-corrected chi connectivity index (χ4v) is 2.39. The molecular weight excluding hydrogens is 232 g/mol. The van der Waals surface area contributed by atoms with E-state index < -0.39 is 0 Å². The van der Waals surface area contributed by atoms with E-state index in [2.05, 4.69) is 15.4 Å². The number of hydrogen-bond acceptors (Lipinski definition) is 4. The third kappa shape index (κ3) is 1.69. The minimum absolute atomic E-state index is 0.0872. The summed E-state index contributed by atoms with van der Waals surface area (Å²) in [4.78, 5) is 14.3. The molecule has 0 radical (unpaired) electrons. The van der Waals surface area contributed by atoms with Crippen LogP contribution in [-0.2, 0) is 0 Å². The first-order chi connectivity index (χ1) is 8.66.